The van der Waals surface area contributed by atoms with Gasteiger partial charge in [0.25, 0.3) is 0 Å². The summed E-state index contributed by atoms with van der Waals surface area (Å²) in [5.74, 6) is 0.792. The summed E-state index contributed by atoms with van der Waals surface area (Å²) in [5.41, 5.74) is 0.930. The highest BCUT2D eigenvalue weighted by molar-refractivity contribution is 7.22. The molecule has 3 rings (SSSR count). The van der Waals surface area contributed by atoms with Crippen LogP contribution in [-0.2, 0) is 0 Å². The number of nitrogens with one attached hydrogen (secondary N) is 2. The molecule has 1 aromatic heterocycles. The molecule has 1 aliphatic rings. The molecule has 1 aliphatic carbocycles. The fourth-order valence-corrected chi connectivity index (χ4v) is 3.51. The second kappa shape index (κ2) is 5.79. The van der Waals surface area contributed by atoms with Gasteiger partial charge in [-0.3, -0.25) is 5.32 Å². The largest absolute Gasteiger partial charge is 0.335 e. The van der Waals surface area contributed by atoms with Gasteiger partial charge in [0.2, 0.25) is 0 Å². The first-order valence-corrected chi connectivity index (χ1v) is 7.95. The summed E-state index contributed by atoms with van der Waals surface area (Å²) in [5, 5.41) is 6.56. The zero-order chi connectivity index (χ0) is 13.9. The molecule has 2 aromatic rings. The number of aromatic nitrogens is 1. The van der Waals surface area contributed by atoms with Crippen LogP contribution in [0.4, 0.5) is 9.93 Å². The predicted molar refractivity (Wildman–Crippen MR) is 83.2 cm³/mol. The topological polar surface area (TPSA) is 54.0 Å². The Balaban J connectivity index is 1.58. The van der Waals surface area contributed by atoms with E-state index in [1.165, 1.54) is 24.2 Å². The Bertz CT molecular complexity index is 569. The molecule has 0 radical (unpaired) electrons. The predicted octanol–water partition coefficient (Wildman–Crippen LogP) is 4.00. The lowest BCUT2D eigenvalue weighted by Gasteiger charge is -2.26. The maximum atomic E-state index is 12.0. The summed E-state index contributed by atoms with van der Waals surface area (Å²) >= 11 is 1.50. The number of hydrogen-bond acceptors (Lipinski definition) is 3. The van der Waals surface area contributed by atoms with Crippen molar-refractivity contribution in [2.75, 3.05) is 5.32 Å². The molecule has 0 saturated heterocycles. The van der Waals surface area contributed by atoms with E-state index in [9.17, 15) is 4.79 Å². The van der Waals surface area contributed by atoms with Crippen LogP contribution in [0.3, 0.4) is 0 Å². The number of carbonyl (C=O) groups excluding carboxylic acids is 1. The summed E-state index contributed by atoms with van der Waals surface area (Å²) in [6.07, 6.45) is 4.56. The summed E-state index contributed by atoms with van der Waals surface area (Å²) in [7, 11) is 0. The smallest absolute Gasteiger partial charge is 0.321 e. The SMILES string of the molecule is CC1CCC(NC(=O)Nc2nc3ccccc3s2)CC1. The van der Waals surface area contributed by atoms with Crippen LogP contribution >= 0.6 is 11.3 Å². The molecular weight excluding hydrogens is 270 g/mol. The number of amides is 2. The lowest BCUT2D eigenvalue weighted by molar-refractivity contribution is 0.239. The molecule has 1 fully saturated rings. The maximum Gasteiger partial charge on any atom is 0.321 e. The van der Waals surface area contributed by atoms with Crippen LogP contribution in [0.25, 0.3) is 10.2 Å². The molecule has 0 aliphatic heterocycles. The number of para-hydroxylation sites is 1. The van der Waals surface area contributed by atoms with Crippen molar-refractivity contribution in [1.82, 2.24) is 10.3 Å². The van der Waals surface area contributed by atoms with Crippen LogP contribution in [0.2, 0.25) is 0 Å². The van der Waals surface area contributed by atoms with Gasteiger partial charge in [0.15, 0.2) is 5.13 Å². The van der Waals surface area contributed by atoms with E-state index in [-0.39, 0.29) is 6.03 Å². The minimum atomic E-state index is -0.136. The van der Waals surface area contributed by atoms with Gasteiger partial charge >= 0.3 is 6.03 Å². The van der Waals surface area contributed by atoms with Crippen molar-refractivity contribution in [2.24, 2.45) is 5.92 Å². The van der Waals surface area contributed by atoms with Crippen molar-refractivity contribution in [3.05, 3.63) is 24.3 Å². The first-order valence-electron chi connectivity index (χ1n) is 7.14. The number of benzene rings is 1. The molecule has 1 heterocycles. The van der Waals surface area contributed by atoms with Crippen molar-refractivity contribution in [2.45, 2.75) is 38.6 Å². The third-order valence-electron chi connectivity index (χ3n) is 3.87. The standard InChI is InChI=1S/C15H19N3OS/c1-10-6-8-11(9-7-10)16-14(19)18-15-17-12-4-2-3-5-13(12)20-15/h2-5,10-11H,6-9H2,1H3,(H2,16,17,18,19). The molecular formula is C15H19N3OS. The van der Waals surface area contributed by atoms with Gasteiger partial charge < -0.3 is 5.32 Å². The summed E-state index contributed by atoms with van der Waals surface area (Å²) < 4.78 is 1.09. The second-order valence-electron chi connectivity index (χ2n) is 5.54. The van der Waals surface area contributed by atoms with Crippen molar-refractivity contribution in [3.8, 4) is 0 Å². The fraction of sp³-hybridized carbons (Fsp3) is 0.467. The van der Waals surface area contributed by atoms with Gasteiger partial charge in [0.1, 0.15) is 0 Å². The molecule has 2 N–H and O–H groups in total. The van der Waals surface area contributed by atoms with Gasteiger partial charge in [-0.25, -0.2) is 9.78 Å². The normalized spacial score (nSPS) is 22.6. The number of nitrogens with zero attached hydrogens (tertiary/aromatic N) is 1. The van der Waals surface area contributed by atoms with E-state index in [1.807, 2.05) is 24.3 Å². The van der Waals surface area contributed by atoms with Crippen LogP contribution in [0.15, 0.2) is 24.3 Å². The van der Waals surface area contributed by atoms with Gasteiger partial charge in [-0.15, -0.1) is 0 Å². The molecule has 0 atom stereocenters. The Morgan fingerprint density at radius 3 is 2.75 bits per heavy atom. The number of anilines is 1. The summed E-state index contributed by atoms with van der Waals surface area (Å²) in [4.78, 5) is 16.4. The highest BCUT2D eigenvalue weighted by Gasteiger charge is 2.20. The third-order valence-corrected chi connectivity index (χ3v) is 4.82. The fourth-order valence-electron chi connectivity index (χ4n) is 2.65. The number of carbonyl (C=O) groups is 1. The molecule has 4 nitrogen and oxygen atoms in total. The molecule has 5 heteroatoms. The highest BCUT2D eigenvalue weighted by atomic mass is 32.1. The van der Waals surface area contributed by atoms with Crippen LogP contribution in [-0.4, -0.2) is 17.1 Å². The van der Waals surface area contributed by atoms with Crippen LogP contribution < -0.4 is 10.6 Å². The number of hydrogen-bond donors (Lipinski definition) is 2. The second-order valence-corrected chi connectivity index (χ2v) is 6.57. The minimum absolute atomic E-state index is 0.136. The number of rotatable bonds is 2. The number of urea groups is 1. The van der Waals surface area contributed by atoms with E-state index in [0.717, 1.165) is 29.0 Å². The lowest BCUT2D eigenvalue weighted by Crippen LogP contribution is -2.39. The first kappa shape index (κ1) is 13.4. The van der Waals surface area contributed by atoms with Gasteiger partial charge in [0, 0.05) is 6.04 Å². The van der Waals surface area contributed by atoms with Crippen molar-refractivity contribution < 1.29 is 4.79 Å². The van der Waals surface area contributed by atoms with Crippen molar-refractivity contribution in [1.29, 1.82) is 0 Å². The van der Waals surface area contributed by atoms with E-state index in [0.29, 0.717) is 11.2 Å². The number of fused-ring (bicyclic) bond motifs is 1. The van der Waals surface area contributed by atoms with Crippen LogP contribution in [0.1, 0.15) is 32.6 Å². The van der Waals surface area contributed by atoms with E-state index in [2.05, 4.69) is 22.5 Å². The molecule has 1 saturated carbocycles. The Kier molecular flexibility index (Phi) is 3.87. The molecule has 0 unspecified atom stereocenters. The molecule has 0 bridgehead atoms. The highest BCUT2D eigenvalue weighted by Crippen LogP contribution is 2.26. The quantitative estimate of drug-likeness (QED) is 0.878. The minimum Gasteiger partial charge on any atom is -0.335 e. The van der Waals surface area contributed by atoms with E-state index < -0.39 is 0 Å². The first-order chi connectivity index (χ1) is 9.70. The maximum absolute atomic E-state index is 12.0. The molecule has 106 valence electrons. The molecule has 2 amide bonds. The van der Waals surface area contributed by atoms with Gasteiger partial charge in [-0.1, -0.05) is 30.4 Å². The Morgan fingerprint density at radius 2 is 2.00 bits per heavy atom. The average Bonchev–Trinajstić information content (AvgIpc) is 2.83. The zero-order valence-electron chi connectivity index (χ0n) is 11.6. The van der Waals surface area contributed by atoms with Crippen molar-refractivity contribution in [3.63, 3.8) is 0 Å². The van der Waals surface area contributed by atoms with Crippen LogP contribution in [0, 0.1) is 5.92 Å². The van der Waals surface area contributed by atoms with Gasteiger partial charge in [-0.05, 0) is 43.7 Å². The molecule has 1 aromatic carbocycles. The monoisotopic (exact) mass is 289 g/mol. The lowest BCUT2D eigenvalue weighted by atomic mass is 9.87. The zero-order valence-corrected chi connectivity index (χ0v) is 12.4. The molecule has 20 heavy (non-hydrogen) atoms. The van der Waals surface area contributed by atoms with E-state index in [4.69, 9.17) is 0 Å². The Morgan fingerprint density at radius 1 is 1.25 bits per heavy atom. The Labute approximate surface area is 122 Å². The number of thiazole rings is 1. The van der Waals surface area contributed by atoms with Crippen molar-refractivity contribution >= 4 is 32.7 Å². The van der Waals surface area contributed by atoms with E-state index in [1.54, 1.807) is 0 Å². The van der Waals surface area contributed by atoms with E-state index >= 15 is 0 Å². The average molecular weight is 289 g/mol. The third kappa shape index (κ3) is 3.10. The van der Waals surface area contributed by atoms with Crippen LogP contribution in [0.5, 0.6) is 0 Å². The summed E-state index contributed by atoms with van der Waals surface area (Å²) in [6.45, 7) is 2.28. The van der Waals surface area contributed by atoms with Gasteiger partial charge in [-0.2, -0.15) is 0 Å². The van der Waals surface area contributed by atoms with Gasteiger partial charge in [0.05, 0.1) is 10.2 Å². The summed E-state index contributed by atoms with van der Waals surface area (Å²) in [6, 6.07) is 8.07. The Hall–Kier alpha value is -1.62. The molecule has 0 spiro atoms.